The molecule has 3 rings (SSSR count). The Morgan fingerprint density at radius 2 is 2.11 bits per heavy atom. The average molecular weight is 257 g/mol. The summed E-state index contributed by atoms with van der Waals surface area (Å²) in [5.41, 5.74) is 2.57. The Labute approximate surface area is 115 Å². The van der Waals surface area contributed by atoms with Gasteiger partial charge in [0, 0.05) is 19.3 Å². The molecule has 102 valence electrons. The highest BCUT2D eigenvalue weighted by molar-refractivity contribution is 5.44. The Hall–Kier alpha value is -1.38. The van der Waals surface area contributed by atoms with E-state index in [2.05, 4.69) is 29.0 Å². The summed E-state index contributed by atoms with van der Waals surface area (Å²) in [4.78, 5) is 11.7. The highest BCUT2D eigenvalue weighted by Gasteiger charge is 2.36. The molecule has 1 spiro atoms. The van der Waals surface area contributed by atoms with E-state index >= 15 is 0 Å². The highest BCUT2D eigenvalue weighted by atomic mass is 15.2. The third-order valence-corrected chi connectivity index (χ3v) is 4.57. The predicted molar refractivity (Wildman–Crippen MR) is 78.4 cm³/mol. The lowest BCUT2D eigenvalue weighted by molar-refractivity contribution is 0.209. The van der Waals surface area contributed by atoms with Crippen molar-refractivity contribution in [2.75, 3.05) is 18.0 Å². The van der Waals surface area contributed by atoms with Crippen LogP contribution in [0.3, 0.4) is 0 Å². The van der Waals surface area contributed by atoms with Gasteiger partial charge in [-0.15, -0.1) is 0 Å². The summed E-state index contributed by atoms with van der Waals surface area (Å²) in [5.74, 6) is 1.11. The van der Waals surface area contributed by atoms with Crippen molar-refractivity contribution in [1.29, 1.82) is 0 Å². The molecule has 1 saturated heterocycles. The van der Waals surface area contributed by atoms with Gasteiger partial charge in [-0.05, 0) is 51.4 Å². The molecule has 2 aliphatic rings. The quantitative estimate of drug-likeness (QED) is 0.722. The van der Waals surface area contributed by atoms with Crippen molar-refractivity contribution in [3.8, 4) is 0 Å². The number of rotatable bonds is 1. The van der Waals surface area contributed by atoms with Crippen molar-refractivity contribution in [1.82, 2.24) is 9.97 Å². The lowest BCUT2D eigenvalue weighted by Gasteiger charge is -2.44. The number of hydrogen-bond donors (Lipinski definition) is 0. The third kappa shape index (κ3) is 2.51. The monoisotopic (exact) mass is 257 g/mol. The smallest absolute Gasteiger partial charge is 0.150 e. The van der Waals surface area contributed by atoms with E-state index in [1.54, 1.807) is 0 Å². The van der Waals surface area contributed by atoms with Gasteiger partial charge in [0.15, 0.2) is 0 Å². The zero-order valence-electron chi connectivity index (χ0n) is 12.0. The van der Waals surface area contributed by atoms with Crippen LogP contribution in [0.5, 0.6) is 0 Å². The Kier molecular flexibility index (Phi) is 3.29. The van der Waals surface area contributed by atoms with Gasteiger partial charge in [-0.1, -0.05) is 12.2 Å². The average Bonchev–Trinajstić information content (AvgIpc) is 2.42. The van der Waals surface area contributed by atoms with Crippen molar-refractivity contribution >= 4 is 5.82 Å². The molecule has 0 N–H and O–H groups in total. The van der Waals surface area contributed by atoms with Crippen LogP contribution in [0.1, 0.15) is 43.5 Å². The largest absolute Gasteiger partial charge is 0.355 e. The lowest BCUT2D eigenvalue weighted by atomic mass is 9.71. The summed E-state index contributed by atoms with van der Waals surface area (Å²) in [6.07, 6.45) is 13.0. The number of aryl methyl sites for hydroxylation is 2. The van der Waals surface area contributed by atoms with Crippen LogP contribution < -0.4 is 4.90 Å². The van der Waals surface area contributed by atoms with E-state index in [9.17, 15) is 0 Å². The molecular weight excluding hydrogens is 234 g/mol. The fraction of sp³-hybridized carbons (Fsp3) is 0.625. The van der Waals surface area contributed by atoms with E-state index < -0.39 is 0 Å². The molecule has 1 fully saturated rings. The minimum atomic E-state index is 0.491. The Morgan fingerprint density at radius 3 is 2.89 bits per heavy atom. The van der Waals surface area contributed by atoms with Gasteiger partial charge in [0.1, 0.15) is 5.82 Å². The van der Waals surface area contributed by atoms with Gasteiger partial charge < -0.3 is 4.90 Å². The number of anilines is 1. The molecule has 0 amide bonds. The van der Waals surface area contributed by atoms with E-state index in [-0.39, 0.29) is 0 Å². The first-order valence-electron chi connectivity index (χ1n) is 7.39. The number of nitrogens with zero attached hydrogens (tertiary/aromatic N) is 3. The molecule has 19 heavy (non-hydrogen) atoms. The molecule has 1 aromatic rings. The van der Waals surface area contributed by atoms with E-state index in [0.717, 1.165) is 30.3 Å². The summed E-state index contributed by atoms with van der Waals surface area (Å²) >= 11 is 0. The second kappa shape index (κ2) is 4.95. The van der Waals surface area contributed by atoms with E-state index in [1.165, 1.54) is 32.1 Å². The van der Waals surface area contributed by atoms with Crippen LogP contribution in [-0.2, 0) is 0 Å². The van der Waals surface area contributed by atoms with Crippen LogP contribution >= 0.6 is 0 Å². The minimum Gasteiger partial charge on any atom is -0.355 e. The second-order valence-electron chi connectivity index (χ2n) is 6.16. The van der Waals surface area contributed by atoms with Crippen LogP contribution in [0.4, 0.5) is 5.82 Å². The van der Waals surface area contributed by atoms with Gasteiger partial charge in [-0.25, -0.2) is 4.98 Å². The second-order valence-corrected chi connectivity index (χ2v) is 6.16. The van der Waals surface area contributed by atoms with E-state index in [0.29, 0.717) is 5.41 Å². The molecule has 0 bridgehead atoms. The van der Waals surface area contributed by atoms with Crippen molar-refractivity contribution in [3.63, 3.8) is 0 Å². The van der Waals surface area contributed by atoms with Crippen LogP contribution in [0.25, 0.3) is 0 Å². The molecule has 1 atom stereocenters. The van der Waals surface area contributed by atoms with Crippen LogP contribution in [0.2, 0.25) is 0 Å². The molecule has 3 nitrogen and oxygen atoms in total. The van der Waals surface area contributed by atoms with Gasteiger partial charge in [-0.3, -0.25) is 4.98 Å². The summed E-state index contributed by atoms with van der Waals surface area (Å²) in [6.45, 7) is 6.38. The first-order chi connectivity index (χ1) is 9.19. The van der Waals surface area contributed by atoms with Gasteiger partial charge >= 0.3 is 0 Å². The molecule has 1 unspecified atom stereocenters. The molecule has 3 heteroatoms. The van der Waals surface area contributed by atoms with Crippen LogP contribution in [-0.4, -0.2) is 23.1 Å². The molecule has 0 aromatic carbocycles. The Balaban J connectivity index is 1.85. The molecular formula is C16H23N3. The molecule has 1 aliphatic heterocycles. The summed E-state index contributed by atoms with van der Waals surface area (Å²) in [6, 6.07) is 0. The molecule has 1 aromatic heterocycles. The van der Waals surface area contributed by atoms with Crippen molar-refractivity contribution in [2.24, 2.45) is 5.41 Å². The standard InChI is InChI=1S/C16H23N3/c1-13-11-17-14(2)15(18-13)19-10-6-9-16(12-19)7-4-3-5-8-16/h3-4,11H,5-10,12H2,1-2H3. The van der Waals surface area contributed by atoms with Crippen LogP contribution in [0.15, 0.2) is 18.3 Å². The fourth-order valence-corrected chi connectivity index (χ4v) is 3.53. The molecule has 2 heterocycles. The molecule has 1 aliphatic carbocycles. The Bertz CT molecular complexity index is 495. The third-order valence-electron chi connectivity index (χ3n) is 4.57. The normalized spacial score (nSPS) is 26.9. The fourth-order valence-electron chi connectivity index (χ4n) is 3.53. The Morgan fingerprint density at radius 1 is 1.21 bits per heavy atom. The van der Waals surface area contributed by atoms with Crippen molar-refractivity contribution in [2.45, 2.75) is 46.0 Å². The maximum absolute atomic E-state index is 4.72. The first kappa shape index (κ1) is 12.6. The number of aromatic nitrogens is 2. The predicted octanol–water partition coefficient (Wildman–Crippen LogP) is 3.42. The summed E-state index contributed by atoms with van der Waals surface area (Å²) in [7, 11) is 0. The van der Waals surface area contributed by atoms with Crippen molar-refractivity contribution < 1.29 is 0 Å². The summed E-state index contributed by atoms with van der Waals surface area (Å²) in [5, 5.41) is 0. The molecule has 0 radical (unpaired) electrons. The van der Waals surface area contributed by atoms with Gasteiger partial charge in [0.05, 0.1) is 11.4 Å². The lowest BCUT2D eigenvalue weighted by Crippen LogP contribution is -2.44. The topological polar surface area (TPSA) is 29.0 Å². The summed E-state index contributed by atoms with van der Waals surface area (Å²) < 4.78 is 0. The van der Waals surface area contributed by atoms with Gasteiger partial charge in [0.25, 0.3) is 0 Å². The minimum absolute atomic E-state index is 0.491. The zero-order chi connectivity index (χ0) is 13.3. The maximum atomic E-state index is 4.72. The van der Waals surface area contributed by atoms with E-state index in [1.807, 2.05) is 13.1 Å². The SMILES string of the molecule is Cc1cnc(C)c(N2CCCC3(CC=CCC3)C2)n1. The zero-order valence-corrected chi connectivity index (χ0v) is 12.0. The van der Waals surface area contributed by atoms with Crippen LogP contribution in [0, 0.1) is 19.3 Å². The maximum Gasteiger partial charge on any atom is 0.150 e. The van der Waals surface area contributed by atoms with Gasteiger partial charge in [0.2, 0.25) is 0 Å². The van der Waals surface area contributed by atoms with E-state index in [4.69, 9.17) is 4.98 Å². The van der Waals surface area contributed by atoms with Gasteiger partial charge in [-0.2, -0.15) is 0 Å². The highest BCUT2D eigenvalue weighted by Crippen LogP contribution is 2.41. The first-order valence-corrected chi connectivity index (χ1v) is 7.39. The van der Waals surface area contributed by atoms with Crippen molar-refractivity contribution in [3.05, 3.63) is 29.7 Å². The number of piperidine rings is 1. The number of allylic oxidation sites excluding steroid dienone is 2. The molecule has 0 saturated carbocycles. The number of hydrogen-bond acceptors (Lipinski definition) is 3.